The second-order valence-corrected chi connectivity index (χ2v) is 3.76. The fourth-order valence-electron chi connectivity index (χ4n) is 1.29. The van der Waals surface area contributed by atoms with Crippen molar-refractivity contribution >= 4 is 10.7 Å². The van der Waals surface area contributed by atoms with Crippen LogP contribution in [0.3, 0.4) is 0 Å². The summed E-state index contributed by atoms with van der Waals surface area (Å²) in [4.78, 5) is 0. The average molecular weight is 163 g/mol. The van der Waals surface area contributed by atoms with Gasteiger partial charge in [0, 0.05) is 0 Å². The zero-order valence-electron chi connectivity index (χ0n) is 5.88. The third kappa shape index (κ3) is 2.66. The number of piperidine rings is 1. The van der Waals surface area contributed by atoms with Gasteiger partial charge >= 0.3 is 0 Å². The number of hydrogen-bond donors (Lipinski definition) is 2. The molecule has 1 aliphatic rings. The van der Waals surface area contributed by atoms with E-state index in [2.05, 4.69) is 5.32 Å². The summed E-state index contributed by atoms with van der Waals surface area (Å²) in [5, 5.41) is 3.17. The summed E-state index contributed by atoms with van der Waals surface area (Å²) in [5.74, 6) is 0.734. The van der Waals surface area contributed by atoms with Gasteiger partial charge in [0.2, 0.25) is 0 Å². The lowest BCUT2D eigenvalue weighted by Gasteiger charge is -2.19. The van der Waals surface area contributed by atoms with Crippen LogP contribution in [0, 0.1) is 5.92 Å². The van der Waals surface area contributed by atoms with E-state index in [9.17, 15) is 8.42 Å². The Bertz CT molecular complexity index is 153. The topological polar surface area (TPSA) is 46.2 Å². The molecule has 0 bridgehead atoms. The Morgan fingerprint density at radius 1 is 1.50 bits per heavy atom. The molecular weight excluding hydrogens is 150 g/mol. The summed E-state index contributed by atoms with van der Waals surface area (Å²) in [6.07, 6.45) is 2.18. The molecule has 0 aromatic heterocycles. The van der Waals surface area contributed by atoms with Crippen LogP contribution in [0.1, 0.15) is 12.8 Å². The van der Waals surface area contributed by atoms with E-state index in [1.165, 1.54) is 0 Å². The maximum Gasteiger partial charge on any atom is 0.140 e. The highest BCUT2D eigenvalue weighted by atomic mass is 32.2. The maximum absolute atomic E-state index is 10.3. The Morgan fingerprint density at radius 3 is 2.80 bits per heavy atom. The second kappa shape index (κ2) is 3.93. The van der Waals surface area contributed by atoms with E-state index in [0.29, 0.717) is 11.7 Å². The minimum atomic E-state index is -2.16. The summed E-state index contributed by atoms with van der Waals surface area (Å²) in [6.45, 7) is 1.93. The molecule has 1 aliphatic heterocycles. The van der Waals surface area contributed by atoms with Crippen LogP contribution in [0.15, 0.2) is 0 Å². The highest BCUT2D eigenvalue weighted by molar-refractivity contribution is 7.72. The van der Waals surface area contributed by atoms with Crippen molar-refractivity contribution in [3.05, 3.63) is 0 Å². The Balaban J connectivity index is 2.26. The van der Waals surface area contributed by atoms with Crippen molar-refractivity contribution in [2.24, 2.45) is 5.92 Å². The molecule has 0 aromatic rings. The first kappa shape index (κ1) is 8.01. The van der Waals surface area contributed by atoms with E-state index in [-0.39, 0.29) is 0 Å². The van der Waals surface area contributed by atoms with Crippen molar-refractivity contribution in [2.75, 3.05) is 18.8 Å². The second-order valence-electron chi connectivity index (χ2n) is 2.73. The van der Waals surface area contributed by atoms with Crippen molar-refractivity contribution in [1.29, 1.82) is 0 Å². The van der Waals surface area contributed by atoms with Crippen LogP contribution in [-0.4, -0.2) is 27.3 Å². The molecule has 1 unspecified atom stereocenters. The van der Waals surface area contributed by atoms with E-state index < -0.39 is 10.7 Å². The lowest BCUT2D eigenvalue weighted by Crippen LogP contribution is -2.31. The highest BCUT2D eigenvalue weighted by Gasteiger charge is 2.12. The van der Waals surface area contributed by atoms with Crippen LogP contribution >= 0.6 is 0 Å². The molecule has 4 heteroatoms. The van der Waals surface area contributed by atoms with Gasteiger partial charge in [0.1, 0.15) is 10.7 Å². The Labute approximate surface area is 62.8 Å². The normalized spacial score (nSPS) is 27.1. The molecule has 0 aliphatic carbocycles. The molecule has 0 spiro atoms. The number of rotatable bonds is 2. The monoisotopic (exact) mass is 163 g/mol. The van der Waals surface area contributed by atoms with Gasteiger partial charge < -0.3 is 5.32 Å². The predicted molar refractivity (Wildman–Crippen MR) is 40.8 cm³/mol. The maximum atomic E-state index is 10.3. The van der Waals surface area contributed by atoms with Crippen molar-refractivity contribution in [1.82, 2.24) is 5.32 Å². The molecule has 3 nitrogen and oxygen atoms in total. The van der Waals surface area contributed by atoms with Crippen LogP contribution in [0.25, 0.3) is 0 Å². The predicted octanol–water partition coefficient (Wildman–Crippen LogP) is -0.403. The van der Waals surface area contributed by atoms with Crippen molar-refractivity contribution < 1.29 is 8.42 Å². The zero-order chi connectivity index (χ0) is 7.40. The lowest BCUT2D eigenvalue weighted by molar-refractivity contribution is 0.406. The first-order valence-electron chi connectivity index (χ1n) is 3.61. The van der Waals surface area contributed by atoms with Crippen LogP contribution in [0.5, 0.6) is 0 Å². The summed E-state index contributed by atoms with van der Waals surface area (Å²) in [6, 6.07) is 0. The third-order valence-electron chi connectivity index (χ3n) is 1.81. The number of nitrogens with one attached hydrogen (secondary N) is 1. The van der Waals surface area contributed by atoms with Gasteiger partial charge in [-0.3, -0.25) is 0 Å². The quantitative estimate of drug-likeness (QED) is 0.544. The van der Waals surface area contributed by atoms with Gasteiger partial charge in [-0.15, -0.1) is 0 Å². The highest BCUT2D eigenvalue weighted by Crippen LogP contribution is 2.08. The molecule has 1 rings (SSSR count). The molecule has 60 valence electrons. The summed E-state index contributed by atoms with van der Waals surface area (Å²) in [7, 11) is -2.16. The SMILES string of the molecule is O=[SH](=O)CC1CCCNC1. The molecule has 10 heavy (non-hydrogen) atoms. The standard InChI is InChI=1S/C6H13NO2S/c8-10(9)5-6-2-1-3-7-4-6/h6-7,10H,1-5H2. The van der Waals surface area contributed by atoms with Gasteiger partial charge in [0.15, 0.2) is 0 Å². The van der Waals surface area contributed by atoms with Crippen LogP contribution in [0.2, 0.25) is 0 Å². The fourth-order valence-corrected chi connectivity index (χ4v) is 2.02. The molecule has 1 saturated heterocycles. The van der Waals surface area contributed by atoms with Crippen molar-refractivity contribution in [3.8, 4) is 0 Å². The molecule has 1 N–H and O–H groups in total. The summed E-state index contributed by atoms with van der Waals surface area (Å²) < 4.78 is 20.6. The van der Waals surface area contributed by atoms with E-state index >= 15 is 0 Å². The molecule has 0 amide bonds. The zero-order valence-corrected chi connectivity index (χ0v) is 6.77. The molecule has 0 aromatic carbocycles. The fraction of sp³-hybridized carbons (Fsp3) is 1.00. The van der Waals surface area contributed by atoms with Gasteiger partial charge in [-0.2, -0.15) is 0 Å². The van der Waals surface area contributed by atoms with Crippen molar-refractivity contribution in [3.63, 3.8) is 0 Å². The van der Waals surface area contributed by atoms with Crippen LogP contribution in [-0.2, 0) is 10.7 Å². The average Bonchev–Trinajstić information content (AvgIpc) is 1.88. The largest absolute Gasteiger partial charge is 0.316 e. The number of thiol groups is 1. The van der Waals surface area contributed by atoms with Crippen LogP contribution in [0.4, 0.5) is 0 Å². The van der Waals surface area contributed by atoms with E-state index in [1.807, 2.05) is 0 Å². The van der Waals surface area contributed by atoms with Gasteiger partial charge in [0.25, 0.3) is 0 Å². The minimum Gasteiger partial charge on any atom is -0.316 e. The summed E-state index contributed by atoms with van der Waals surface area (Å²) in [5.41, 5.74) is 0. The first-order chi connectivity index (χ1) is 4.79. The van der Waals surface area contributed by atoms with E-state index in [4.69, 9.17) is 0 Å². The molecule has 1 heterocycles. The summed E-state index contributed by atoms with van der Waals surface area (Å²) >= 11 is 0. The number of hydrogen-bond acceptors (Lipinski definition) is 3. The van der Waals surface area contributed by atoms with E-state index in [0.717, 1.165) is 25.9 Å². The Morgan fingerprint density at radius 2 is 2.30 bits per heavy atom. The van der Waals surface area contributed by atoms with Gasteiger partial charge in [-0.1, -0.05) is 0 Å². The lowest BCUT2D eigenvalue weighted by atomic mass is 10.0. The van der Waals surface area contributed by atoms with E-state index in [1.54, 1.807) is 0 Å². The van der Waals surface area contributed by atoms with Gasteiger partial charge in [0.05, 0.1) is 5.75 Å². The first-order valence-corrected chi connectivity index (χ1v) is 4.98. The Hall–Kier alpha value is -0.0900. The van der Waals surface area contributed by atoms with Crippen LogP contribution < -0.4 is 5.32 Å². The molecule has 1 fully saturated rings. The molecule has 0 saturated carbocycles. The van der Waals surface area contributed by atoms with Gasteiger partial charge in [-0.05, 0) is 31.8 Å². The molecular formula is C6H13NO2S. The third-order valence-corrected chi connectivity index (χ3v) is 2.62. The smallest absolute Gasteiger partial charge is 0.140 e. The minimum absolute atomic E-state index is 0.363. The Kier molecular flexibility index (Phi) is 3.15. The molecule has 0 radical (unpaired) electrons. The van der Waals surface area contributed by atoms with Crippen molar-refractivity contribution in [2.45, 2.75) is 12.8 Å². The molecule has 1 atom stereocenters. The van der Waals surface area contributed by atoms with Gasteiger partial charge in [-0.25, -0.2) is 8.42 Å².